The molecule has 0 fully saturated rings. The number of ether oxygens (including phenoxy) is 2. The zero-order valence-corrected chi connectivity index (χ0v) is 10.2. The normalized spacial score (nSPS) is 10.7. The molecule has 0 atom stereocenters. The number of methoxy groups -OCH3 is 1. The Labute approximate surface area is 96.2 Å². The van der Waals surface area contributed by atoms with Crippen LogP contribution in [0.1, 0.15) is 25.3 Å². The van der Waals surface area contributed by atoms with Crippen molar-refractivity contribution in [3.63, 3.8) is 0 Å². The molecule has 0 aliphatic heterocycles. The minimum atomic E-state index is 0.436. The molecule has 0 aliphatic rings. The van der Waals surface area contributed by atoms with Gasteiger partial charge in [0.2, 0.25) is 0 Å². The fraction of sp³-hybridized carbons (Fsp3) is 0.500. The van der Waals surface area contributed by atoms with Gasteiger partial charge in [0, 0.05) is 12.1 Å². The number of hydrogen-bond acceptors (Lipinski definition) is 2. The molecule has 0 aliphatic carbocycles. The fourth-order valence-corrected chi connectivity index (χ4v) is 1.70. The summed E-state index contributed by atoms with van der Waals surface area (Å²) in [5.74, 6) is 1.23. The molecule has 0 heterocycles. The first-order chi connectivity index (χ1) is 7.15. The highest BCUT2D eigenvalue weighted by molar-refractivity contribution is 6.31. The Morgan fingerprint density at radius 2 is 2.00 bits per heavy atom. The minimum absolute atomic E-state index is 0.436. The van der Waals surface area contributed by atoms with Crippen LogP contribution in [0.4, 0.5) is 0 Å². The van der Waals surface area contributed by atoms with E-state index in [4.69, 9.17) is 21.1 Å². The summed E-state index contributed by atoms with van der Waals surface area (Å²) < 4.78 is 10.4. The van der Waals surface area contributed by atoms with Crippen LogP contribution in [0, 0.1) is 0 Å². The molecular formula is C12H17ClO2. The molecule has 1 aromatic rings. The van der Waals surface area contributed by atoms with Gasteiger partial charge in [-0.1, -0.05) is 31.5 Å². The lowest BCUT2D eigenvalue weighted by molar-refractivity contribution is 0.146. The average molecular weight is 229 g/mol. The van der Waals surface area contributed by atoms with E-state index in [2.05, 4.69) is 13.8 Å². The maximum absolute atomic E-state index is 6.13. The van der Waals surface area contributed by atoms with Gasteiger partial charge in [-0.15, -0.1) is 0 Å². The molecule has 0 bridgehead atoms. The third-order valence-electron chi connectivity index (χ3n) is 2.15. The number of halogens is 1. The molecule has 0 saturated carbocycles. The molecule has 2 nitrogen and oxygen atoms in total. The topological polar surface area (TPSA) is 18.5 Å². The predicted octanol–water partition coefficient (Wildman–Crippen LogP) is 3.49. The van der Waals surface area contributed by atoms with Crippen LogP contribution in [0.3, 0.4) is 0 Å². The molecule has 1 rings (SSSR count). The lowest BCUT2D eigenvalue weighted by Crippen LogP contribution is -2.04. The summed E-state index contributed by atoms with van der Waals surface area (Å²) in [5.41, 5.74) is 1.15. The standard InChI is InChI=1S/C12H17ClO2/c1-9(2)11-5-4-10(8-12(11)13)15-7-6-14-3/h4-5,8-9H,6-7H2,1-3H3. The first kappa shape index (κ1) is 12.3. The van der Waals surface area contributed by atoms with Gasteiger partial charge in [0.1, 0.15) is 12.4 Å². The molecule has 0 spiro atoms. The van der Waals surface area contributed by atoms with Gasteiger partial charge >= 0.3 is 0 Å². The molecule has 0 amide bonds. The minimum Gasteiger partial charge on any atom is -0.491 e. The SMILES string of the molecule is COCCOc1ccc(C(C)C)c(Cl)c1. The largest absolute Gasteiger partial charge is 0.491 e. The summed E-state index contributed by atoms with van der Waals surface area (Å²) in [6.07, 6.45) is 0. The highest BCUT2D eigenvalue weighted by Crippen LogP contribution is 2.27. The van der Waals surface area contributed by atoms with Crippen molar-refractivity contribution in [1.29, 1.82) is 0 Å². The maximum atomic E-state index is 6.13. The molecule has 15 heavy (non-hydrogen) atoms. The first-order valence-corrected chi connectivity index (χ1v) is 5.44. The van der Waals surface area contributed by atoms with Crippen molar-refractivity contribution in [2.24, 2.45) is 0 Å². The predicted molar refractivity (Wildman–Crippen MR) is 62.9 cm³/mol. The van der Waals surface area contributed by atoms with Gasteiger partial charge in [0.25, 0.3) is 0 Å². The second kappa shape index (κ2) is 5.99. The van der Waals surface area contributed by atoms with Crippen LogP contribution in [0.5, 0.6) is 5.75 Å². The summed E-state index contributed by atoms with van der Waals surface area (Å²) >= 11 is 6.13. The van der Waals surface area contributed by atoms with E-state index in [0.29, 0.717) is 19.1 Å². The van der Waals surface area contributed by atoms with E-state index >= 15 is 0 Å². The van der Waals surface area contributed by atoms with Gasteiger partial charge in [-0.25, -0.2) is 0 Å². The van der Waals surface area contributed by atoms with Gasteiger partial charge in [0.15, 0.2) is 0 Å². The quantitative estimate of drug-likeness (QED) is 0.719. The van der Waals surface area contributed by atoms with Crippen molar-refractivity contribution in [1.82, 2.24) is 0 Å². The van der Waals surface area contributed by atoms with Crippen LogP contribution < -0.4 is 4.74 Å². The van der Waals surface area contributed by atoms with Crippen molar-refractivity contribution in [2.75, 3.05) is 20.3 Å². The van der Waals surface area contributed by atoms with Crippen molar-refractivity contribution < 1.29 is 9.47 Å². The summed E-state index contributed by atoms with van der Waals surface area (Å²) in [7, 11) is 1.65. The third-order valence-corrected chi connectivity index (χ3v) is 2.48. The molecule has 84 valence electrons. The summed E-state index contributed by atoms with van der Waals surface area (Å²) in [6.45, 7) is 5.37. The lowest BCUT2D eigenvalue weighted by Gasteiger charge is -2.10. The second-order valence-electron chi connectivity index (χ2n) is 3.68. The van der Waals surface area contributed by atoms with E-state index in [1.807, 2.05) is 18.2 Å². The molecule has 0 saturated heterocycles. The molecule has 0 N–H and O–H groups in total. The van der Waals surface area contributed by atoms with E-state index in [1.165, 1.54) is 0 Å². The fourth-order valence-electron chi connectivity index (χ4n) is 1.31. The van der Waals surface area contributed by atoms with Crippen molar-refractivity contribution in [2.45, 2.75) is 19.8 Å². The number of hydrogen-bond donors (Lipinski definition) is 0. The monoisotopic (exact) mass is 228 g/mol. The smallest absolute Gasteiger partial charge is 0.120 e. The van der Waals surface area contributed by atoms with Crippen LogP contribution in [-0.4, -0.2) is 20.3 Å². The number of rotatable bonds is 5. The van der Waals surface area contributed by atoms with Crippen LogP contribution in [0.25, 0.3) is 0 Å². The zero-order valence-electron chi connectivity index (χ0n) is 9.42. The highest BCUT2D eigenvalue weighted by atomic mass is 35.5. The third kappa shape index (κ3) is 3.73. The first-order valence-electron chi connectivity index (χ1n) is 5.06. The van der Waals surface area contributed by atoms with Crippen LogP contribution >= 0.6 is 11.6 Å². The Bertz CT molecular complexity index is 310. The van der Waals surface area contributed by atoms with E-state index in [1.54, 1.807) is 7.11 Å². The van der Waals surface area contributed by atoms with Gasteiger partial charge in [-0.2, -0.15) is 0 Å². The van der Waals surface area contributed by atoms with E-state index in [-0.39, 0.29) is 0 Å². The Hall–Kier alpha value is -0.730. The van der Waals surface area contributed by atoms with Gasteiger partial charge in [-0.3, -0.25) is 0 Å². The van der Waals surface area contributed by atoms with Crippen LogP contribution in [-0.2, 0) is 4.74 Å². The summed E-state index contributed by atoms with van der Waals surface area (Å²) in [5, 5.41) is 0.764. The van der Waals surface area contributed by atoms with Gasteiger partial charge < -0.3 is 9.47 Å². The molecule has 1 aromatic carbocycles. The lowest BCUT2D eigenvalue weighted by atomic mass is 10.0. The average Bonchev–Trinajstić information content (AvgIpc) is 2.17. The molecule has 0 aromatic heterocycles. The Balaban J connectivity index is 2.65. The van der Waals surface area contributed by atoms with E-state index in [9.17, 15) is 0 Å². The van der Waals surface area contributed by atoms with Crippen molar-refractivity contribution >= 4 is 11.6 Å². The number of benzene rings is 1. The highest BCUT2D eigenvalue weighted by Gasteiger charge is 2.05. The van der Waals surface area contributed by atoms with Crippen molar-refractivity contribution in [3.8, 4) is 5.75 Å². The summed E-state index contributed by atoms with van der Waals surface area (Å²) in [6, 6.07) is 5.80. The Morgan fingerprint density at radius 1 is 1.27 bits per heavy atom. The maximum Gasteiger partial charge on any atom is 0.120 e. The van der Waals surface area contributed by atoms with Crippen LogP contribution in [0.15, 0.2) is 18.2 Å². The molecular weight excluding hydrogens is 212 g/mol. The Morgan fingerprint density at radius 3 is 2.53 bits per heavy atom. The van der Waals surface area contributed by atoms with Gasteiger partial charge in [-0.05, 0) is 23.6 Å². The molecule has 0 unspecified atom stereocenters. The summed E-state index contributed by atoms with van der Waals surface area (Å²) in [4.78, 5) is 0. The molecule has 0 radical (unpaired) electrons. The van der Waals surface area contributed by atoms with Gasteiger partial charge in [0.05, 0.1) is 6.61 Å². The molecule has 3 heteroatoms. The van der Waals surface area contributed by atoms with E-state index in [0.717, 1.165) is 16.3 Å². The van der Waals surface area contributed by atoms with Crippen molar-refractivity contribution in [3.05, 3.63) is 28.8 Å². The Kier molecular flexibility index (Phi) is 4.92. The second-order valence-corrected chi connectivity index (χ2v) is 4.09. The zero-order chi connectivity index (χ0) is 11.3. The van der Waals surface area contributed by atoms with E-state index < -0.39 is 0 Å². The van der Waals surface area contributed by atoms with Crippen LogP contribution in [0.2, 0.25) is 5.02 Å².